The fourth-order valence-electron chi connectivity index (χ4n) is 4.96. The van der Waals surface area contributed by atoms with Gasteiger partial charge in [-0.2, -0.15) is 0 Å². The number of carboxylic acids is 1. The molecule has 1 fully saturated rings. The molecule has 3 aromatic carbocycles. The highest BCUT2D eigenvalue weighted by Gasteiger charge is 2.20. The van der Waals surface area contributed by atoms with Crippen molar-refractivity contribution in [1.82, 2.24) is 10.2 Å². The van der Waals surface area contributed by atoms with Crippen LogP contribution in [0.3, 0.4) is 0 Å². The summed E-state index contributed by atoms with van der Waals surface area (Å²) in [6.45, 7) is 2.57. The maximum Gasteiger partial charge on any atom is 0.318 e. The summed E-state index contributed by atoms with van der Waals surface area (Å²) in [5, 5.41) is 13.9. The van der Waals surface area contributed by atoms with Gasteiger partial charge in [0.05, 0.1) is 5.97 Å². The number of aliphatic carboxylic acids is 1. The Hall–Kier alpha value is -4.24. The first kappa shape index (κ1) is 29.7. The van der Waals surface area contributed by atoms with Gasteiger partial charge in [0.15, 0.2) is 0 Å². The number of hydrogen-bond acceptors (Lipinski definition) is 4. The Kier molecular flexibility index (Phi) is 11.3. The molecule has 1 saturated carbocycles. The summed E-state index contributed by atoms with van der Waals surface area (Å²) in [6.07, 6.45) is 9.03. The van der Waals surface area contributed by atoms with Crippen LogP contribution in [0, 0.1) is 11.8 Å². The van der Waals surface area contributed by atoms with Crippen molar-refractivity contribution < 1.29 is 19.4 Å². The van der Waals surface area contributed by atoms with Crippen LogP contribution in [0.15, 0.2) is 72.8 Å². The minimum absolute atomic E-state index is 0.0829. The molecule has 6 heteroatoms. The van der Waals surface area contributed by atoms with Crippen LogP contribution >= 0.6 is 0 Å². The van der Waals surface area contributed by atoms with Gasteiger partial charge in [-0.1, -0.05) is 80.8 Å². The van der Waals surface area contributed by atoms with Gasteiger partial charge in [0.1, 0.15) is 12.4 Å². The van der Waals surface area contributed by atoms with Crippen LogP contribution in [0.2, 0.25) is 0 Å². The fraction of sp³-hybridized carbons (Fsp3) is 0.371. The summed E-state index contributed by atoms with van der Waals surface area (Å²) in [7, 11) is 0. The summed E-state index contributed by atoms with van der Waals surface area (Å²) in [4.78, 5) is 25.8. The predicted octanol–water partition coefficient (Wildman–Crippen LogP) is 5.60. The molecule has 0 atom stereocenters. The Balaban J connectivity index is 1.41. The third-order valence-electron chi connectivity index (χ3n) is 7.32. The van der Waals surface area contributed by atoms with E-state index in [-0.39, 0.29) is 12.1 Å². The van der Waals surface area contributed by atoms with Crippen molar-refractivity contribution in [3.63, 3.8) is 0 Å². The number of ether oxygens (including phenoxy) is 1. The number of nitrogens with zero attached hydrogens (tertiary/aromatic N) is 1. The number of hydrogen-bond donors (Lipinski definition) is 1. The molecule has 0 unspecified atom stereocenters. The zero-order valence-electron chi connectivity index (χ0n) is 23.9. The van der Waals surface area contributed by atoms with Crippen molar-refractivity contribution in [3.8, 4) is 17.6 Å². The van der Waals surface area contributed by atoms with Crippen LogP contribution < -0.4 is 15.2 Å². The molecule has 6 nitrogen and oxygen atoms in total. The summed E-state index contributed by atoms with van der Waals surface area (Å²) in [5.41, 5.74) is 5.21. The van der Waals surface area contributed by atoms with E-state index >= 15 is 0 Å². The average Bonchev–Trinajstić information content (AvgIpc) is 3.00. The molecule has 0 spiro atoms. The number of carboxylic acid groups (broad SMARTS) is 1. The Morgan fingerprint density at radius 2 is 1.37 bits per heavy atom. The molecule has 1 aliphatic carbocycles. The maximum absolute atomic E-state index is 13.4. The van der Waals surface area contributed by atoms with Gasteiger partial charge < -0.3 is 24.9 Å². The zero-order valence-corrected chi connectivity index (χ0v) is 23.9. The minimum atomic E-state index is -1.27. The number of carbonyl (C=O) groups excluding carboxylic acids is 2. The largest absolute Gasteiger partial charge is 0.546 e. The van der Waals surface area contributed by atoms with Gasteiger partial charge >= 0.3 is 6.03 Å². The Labute approximate surface area is 243 Å². The normalized spacial score (nSPS) is 13.1. The molecule has 2 amide bonds. The van der Waals surface area contributed by atoms with Crippen molar-refractivity contribution in [2.24, 2.45) is 0 Å². The molecular weight excluding hydrogens is 512 g/mol. The minimum Gasteiger partial charge on any atom is -0.546 e. The molecule has 1 N–H and O–H groups in total. The van der Waals surface area contributed by atoms with Crippen LogP contribution in [0.25, 0.3) is 0 Å². The van der Waals surface area contributed by atoms with Gasteiger partial charge in [0.2, 0.25) is 0 Å². The summed E-state index contributed by atoms with van der Waals surface area (Å²) in [5.74, 6) is 5.67. The summed E-state index contributed by atoms with van der Waals surface area (Å²) < 4.78 is 5.18. The molecule has 4 rings (SSSR count). The molecular formula is C35H39N2O4-. The predicted molar refractivity (Wildman–Crippen MR) is 159 cm³/mol. The van der Waals surface area contributed by atoms with E-state index in [4.69, 9.17) is 4.74 Å². The third kappa shape index (κ3) is 10.0. The third-order valence-corrected chi connectivity index (χ3v) is 7.32. The Morgan fingerprint density at radius 3 is 1.90 bits per heavy atom. The first-order valence-corrected chi connectivity index (χ1v) is 14.7. The molecule has 0 radical (unpaired) electrons. The molecule has 0 heterocycles. The van der Waals surface area contributed by atoms with Crippen molar-refractivity contribution in [3.05, 3.63) is 101 Å². The maximum atomic E-state index is 13.4. The molecule has 1 aliphatic rings. The highest BCUT2D eigenvalue weighted by molar-refractivity contribution is 5.74. The van der Waals surface area contributed by atoms with Crippen LogP contribution in [0.1, 0.15) is 79.7 Å². The van der Waals surface area contributed by atoms with E-state index in [1.54, 1.807) is 12.1 Å². The van der Waals surface area contributed by atoms with Gasteiger partial charge in [-0.15, -0.1) is 0 Å². The number of benzene rings is 3. The second kappa shape index (κ2) is 15.5. The topological polar surface area (TPSA) is 81.7 Å². The van der Waals surface area contributed by atoms with Gasteiger partial charge in [0.25, 0.3) is 0 Å². The van der Waals surface area contributed by atoms with Crippen molar-refractivity contribution >= 4 is 12.0 Å². The number of unbranched alkanes of at least 4 members (excludes halogenated alkanes) is 1. The van der Waals surface area contributed by atoms with Crippen LogP contribution in [-0.4, -0.2) is 29.5 Å². The van der Waals surface area contributed by atoms with Crippen LogP contribution in [0.5, 0.6) is 5.75 Å². The van der Waals surface area contributed by atoms with Crippen molar-refractivity contribution in [2.45, 2.75) is 77.4 Å². The number of urea groups is 1. The van der Waals surface area contributed by atoms with E-state index in [0.29, 0.717) is 18.8 Å². The lowest BCUT2D eigenvalue weighted by Gasteiger charge is -2.28. The van der Waals surface area contributed by atoms with E-state index in [1.165, 1.54) is 24.8 Å². The van der Waals surface area contributed by atoms with Gasteiger partial charge in [0, 0.05) is 30.3 Å². The van der Waals surface area contributed by atoms with Crippen LogP contribution in [-0.2, 0) is 24.3 Å². The van der Waals surface area contributed by atoms with E-state index < -0.39 is 12.6 Å². The lowest BCUT2D eigenvalue weighted by atomic mass is 9.96. The number of aryl methyl sites for hydroxylation is 1. The van der Waals surface area contributed by atoms with Crippen molar-refractivity contribution in [1.29, 1.82) is 0 Å². The standard InChI is InChI=1S/C35H40N2O4/c1-2-3-7-27-10-12-28(13-11-27)14-15-29-16-18-30(19-17-29)24-37(35(40)36-32-8-5-4-6-9-32)25-31-20-22-33(23-21-31)41-26-34(38)39/h10-13,16-23,32H,2-9,24-26H2,1H3,(H,36,40)(H,38,39)/p-1. The SMILES string of the molecule is CCCCc1ccc(C#Cc2ccc(CN(Cc3ccc(OCC(=O)[O-])cc3)C(=O)NC3CCCCC3)cc2)cc1. The van der Waals surface area contributed by atoms with E-state index in [2.05, 4.69) is 48.3 Å². The summed E-state index contributed by atoms with van der Waals surface area (Å²) >= 11 is 0. The molecule has 41 heavy (non-hydrogen) atoms. The van der Waals surface area contributed by atoms with E-state index in [1.807, 2.05) is 41.3 Å². The van der Waals surface area contributed by atoms with Crippen LogP contribution in [0.4, 0.5) is 4.79 Å². The number of nitrogens with one attached hydrogen (secondary N) is 1. The summed E-state index contributed by atoms with van der Waals surface area (Å²) in [6, 6.07) is 23.8. The fourth-order valence-corrected chi connectivity index (χ4v) is 4.96. The second-order valence-electron chi connectivity index (χ2n) is 10.7. The molecule has 214 valence electrons. The second-order valence-corrected chi connectivity index (χ2v) is 10.7. The molecule has 0 aliphatic heterocycles. The van der Waals surface area contributed by atoms with E-state index in [9.17, 15) is 14.7 Å². The monoisotopic (exact) mass is 551 g/mol. The molecule has 0 saturated heterocycles. The zero-order chi connectivity index (χ0) is 28.9. The molecule has 0 bridgehead atoms. The van der Waals surface area contributed by atoms with Gasteiger partial charge in [-0.25, -0.2) is 4.79 Å². The van der Waals surface area contributed by atoms with E-state index in [0.717, 1.165) is 54.4 Å². The first-order valence-electron chi connectivity index (χ1n) is 14.7. The highest BCUT2D eigenvalue weighted by atomic mass is 16.5. The first-order chi connectivity index (χ1) is 20.0. The highest BCUT2D eigenvalue weighted by Crippen LogP contribution is 2.20. The van der Waals surface area contributed by atoms with Gasteiger partial charge in [-0.3, -0.25) is 0 Å². The lowest BCUT2D eigenvalue weighted by Crippen LogP contribution is -2.44. The quantitative estimate of drug-likeness (QED) is 0.315. The number of carbonyl (C=O) groups is 2. The lowest BCUT2D eigenvalue weighted by molar-refractivity contribution is -0.307. The Bertz CT molecular complexity index is 1320. The average molecular weight is 552 g/mol. The Morgan fingerprint density at radius 1 is 0.829 bits per heavy atom. The number of rotatable bonds is 11. The van der Waals surface area contributed by atoms with Gasteiger partial charge in [-0.05, 0) is 78.8 Å². The number of amides is 2. The smallest absolute Gasteiger partial charge is 0.318 e. The van der Waals surface area contributed by atoms with Crippen molar-refractivity contribution in [2.75, 3.05) is 6.61 Å². The molecule has 0 aromatic heterocycles. The molecule has 3 aromatic rings.